The fraction of sp³-hybridized carbons (Fsp3) is 0.381. The summed E-state index contributed by atoms with van der Waals surface area (Å²) in [4.78, 5) is 124. The van der Waals surface area contributed by atoms with Crippen molar-refractivity contribution in [2.75, 3.05) is 13.1 Å². The topological polar surface area (TPSA) is 330 Å². The van der Waals surface area contributed by atoms with Gasteiger partial charge in [-0.3, -0.25) is 43.3 Å². The lowest BCUT2D eigenvalue weighted by Gasteiger charge is -2.28. The molecule has 0 radical (unpaired) electrons. The zero-order valence-corrected chi connectivity index (χ0v) is 34.9. The number of aliphatic imine (C=N–C) groups is 1. The molecule has 2 aromatic heterocycles. The van der Waals surface area contributed by atoms with E-state index in [1.807, 2.05) is 24.3 Å². The molecule has 0 saturated carbocycles. The first-order valence-electron chi connectivity index (χ1n) is 20.3. The van der Waals surface area contributed by atoms with Crippen LogP contribution in [0.4, 0.5) is 0 Å². The Morgan fingerprint density at radius 1 is 0.746 bits per heavy atom. The maximum atomic E-state index is 14.4. The monoisotopic (exact) mass is 867 g/mol. The molecule has 7 amide bonds. The van der Waals surface area contributed by atoms with E-state index in [1.54, 1.807) is 36.5 Å². The molecule has 0 bridgehead atoms. The van der Waals surface area contributed by atoms with Gasteiger partial charge in [-0.1, -0.05) is 48.5 Å². The van der Waals surface area contributed by atoms with Crippen LogP contribution in [0.5, 0.6) is 0 Å². The minimum Gasteiger partial charge on any atom is -0.370 e. The summed E-state index contributed by atoms with van der Waals surface area (Å²) < 4.78 is 0. The molecule has 0 aliphatic carbocycles. The summed E-state index contributed by atoms with van der Waals surface area (Å²) in [7, 11) is 0. The van der Waals surface area contributed by atoms with Gasteiger partial charge in [0, 0.05) is 68.3 Å². The zero-order chi connectivity index (χ0) is 45.5. The second-order valence-electron chi connectivity index (χ2n) is 15.2. The van der Waals surface area contributed by atoms with Gasteiger partial charge in [-0.25, -0.2) is 4.98 Å². The molecule has 3 heterocycles. The van der Waals surface area contributed by atoms with Gasteiger partial charge < -0.3 is 58.7 Å². The number of imidazole rings is 1. The van der Waals surface area contributed by atoms with Crippen molar-refractivity contribution in [3.05, 3.63) is 90.1 Å². The number of hydrogen-bond acceptors (Lipinski definition) is 10. The Labute approximate surface area is 362 Å². The van der Waals surface area contributed by atoms with Crippen LogP contribution in [-0.2, 0) is 57.6 Å². The summed E-state index contributed by atoms with van der Waals surface area (Å²) in [5.74, 6) is -6.19. The van der Waals surface area contributed by atoms with Crippen LogP contribution in [0.2, 0.25) is 0 Å². The van der Waals surface area contributed by atoms with Gasteiger partial charge in [0.2, 0.25) is 41.4 Å². The predicted octanol–water partition coefficient (Wildman–Crippen LogP) is -1.99. The van der Waals surface area contributed by atoms with E-state index in [1.165, 1.54) is 19.4 Å². The maximum Gasteiger partial charge on any atom is 0.245 e. The molecule has 6 atom stereocenters. The number of aromatic amines is 2. The number of nitrogens with one attached hydrogen (secondary N) is 9. The second kappa shape index (κ2) is 22.3. The lowest BCUT2D eigenvalue weighted by atomic mass is 10.0. The number of carbonyl (C=O) groups is 8. The fourth-order valence-electron chi connectivity index (χ4n) is 6.97. The van der Waals surface area contributed by atoms with Crippen molar-refractivity contribution in [3.63, 3.8) is 0 Å². The molecule has 4 aromatic rings. The standard InChI is InChI=1S/C42H53N13O8/c1-23(56)31-18-36(58)48-21-35(50-24(2)57)41(63)55-34(17-27-20-45-22-49-27)40(62)53-32(15-25-9-4-3-5-10-25)38(60)51-30(13-8-14-46-42(43)44)37(59)54-33(39(61)52-31)16-26-19-47-29-12-7-6-11-28(26)29/h3-7,9-12,19-20,22,30-35,47H,8,13-18,21H2,1-2H3,(H,45,49)(H,48,58)(H,50,57)(H,51,60)(H,52,61)(H,53,62)(H,54,59)(H,55,63)(H4,43,44,46)/t30-,31-,32+,33-,34-,35-/m0/s1. The van der Waals surface area contributed by atoms with Crippen molar-refractivity contribution in [1.82, 2.24) is 52.2 Å². The summed E-state index contributed by atoms with van der Waals surface area (Å²) in [5.41, 5.74) is 13.6. The van der Waals surface area contributed by atoms with Gasteiger partial charge in [0.25, 0.3) is 0 Å². The van der Waals surface area contributed by atoms with Crippen molar-refractivity contribution in [2.45, 2.75) is 88.6 Å². The smallest absolute Gasteiger partial charge is 0.245 e. The largest absolute Gasteiger partial charge is 0.370 e. The van der Waals surface area contributed by atoms with Gasteiger partial charge in [-0.2, -0.15) is 0 Å². The van der Waals surface area contributed by atoms with Crippen molar-refractivity contribution < 1.29 is 38.4 Å². The molecule has 334 valence electrons. The third-order valence-corrected chi connectivity index (χ3v) is 10.2. The number of nitrogens with two attached hydrogens (primary N) is 2. The van der Waals surface area contributed by atoms with Crippen molar-refractivity contribution in [1.29, 1.82) is 0 Å². The van der Waals surface area contributed by atoms with Crippen LogP contribution in [0.3, 0.4) is 0 Å². The van der Waals surface area contributed by atoms with Gasteiger partial charge in [-0.15, -0.1) is 0 Å². The van der Waals surface area contributed by atoms with E-state index in [-0.39, 0.29) is 44.6 Å². The number of para-hydroxylation sites is 1. The highest BCUT2D eigenvalue weighted by Gasteiger charge is 2.34. The van der Waals surface area contributed by atoms with E-state index >= 15 is 0 Å². The van der Waals surface area contributed by atoms with Crippen molar-refractivity contribution >= 4 is 64.0 Å². The average Bonchev–Trinajstić information content (AvgIpc) is 3.92. The summed E-state index contributed by atoms with van der Waals surface area (Å²) in [6.45, 7) is 1.96. The van der Waals surface area contributed by atoms with E-state index in [9.17, 15) is 38.4 Å². The van der Waals surface area contributed by atoms with Crippen LogP contribution in [0, 0.1) is 0 Å². The Hall–Kier alpha value is -7.58. The van der Waals surface area contributed by atoms with Gasteiger partial charge in [0.15, 0.2) is 11.7 Å². The number of fused-ring (bicyclic) bond motifs is 1. The number of hydrogen-bond donors (Lipinski definition) is 11. The minimum atomic E-state index is -1.40. The number of guanidine groups is 1. The summed E-state index contributed by atoms with van der Waals surface area (Å²) in [6, 6.07) is 7.93. The molecule has 0 spiro atoms. The molecule has 13 N–H and O–H groups in total. The van der Waals surface area contributed by atoms with Gasteiger partial charge >= 0.3 is 0 Å². The number of amides is 7. The van der Waals surface area contributed by atoms with Crippen LogP contribution in [0.1, 0.15) is 49.9 Å². The summed E-state index contributed by atoms with van der Waals surface area (Å²) >= 11 is 0. The Balaban J connectivity index is 1.56. The first kappa shape index (κ1) is 46.5. The molecule has 1 saturated heterocycles. The van der Waals surface area contributed by atoms with E-state index in [4.69, 9.17) is 11.5 Å². The summed E-state index contributed by atoms with van der Waals surface area (Å²) in [6.07, 6.45) is 3.84. The molecule has 0 unspecified atom stereocenters. The van der Waals surface area contributed by atoms with E-state index < -0.39 is 96.4 Å². The number of aromatic nitrogens is 3. The SMILES string of the molecule is CC(=O)N[C@H]1CNC(=O)C[C@@H](C(C)=O)NC(=O)[C@H](Cc2c[nH]c3ccccc23)NC(=O)[C@H](CCCN=C(N)N)NC(=O)[C@@H](Cc2ccccc2)NC(=O)[C@H](Cc2cnc[nH]2)NC1=O. The second-order valence-corrected chi connectivity index (χ2v) is 15.2. The number of carbonyl (C=O) groups excluding carboxylic acids is 8. The Morgan fingerprint density at radius 3 is 2.03 bits per heavy atom. The Kier molecular flexibility index (Phi) is 16.5. The van der Waals surface area contributed by atoms with Crippen LogP contribution in [0.25, 0.3) is 10.9 Å². The highest BCUT2D eigenvalue weighted by Crippen LogP contribution is 2.20. The fourth-order valence-corrected chi connectivity index (χ4v) is 6.97. The predicted molar refractivity (Wildman–Crippen MR) is 230 cm³/mol. The molecule has 5 rings (SSSR count). The van der Waals surface area contributed by atoms with E-state index in [0.29, 0.717) is 16.8 Å². The Bertz CT molecular complexity index is 2290. The van der Waals surface area contributed by atoms with Crippen LogP contribution < -0.4 is 48.7 Å². The van der Waals surface area contributed by atoms with Crippen molar-refractivity contribution in [3.8, 4) is 0 Å². The third-order valence-electron chi connectivity index (χ3n) is 10.2. The highest BCUT2D eigenvalue weighted by molar-refractivity contribution is 5.98. The highest BCUT2D eigenvalue weighted by atomic mass is 16.2. The molecule has 1 aliphatic heterocycles. The number of H-pyrrole nitrogens is 2. The van der Waals surface area contributed by atoms with E-state index in [2.05, 4.69) is 57.2 Å². The molecule has 2 aromatic carbocycles. The number of Topliss-reactive ketones (excluding diaryl/α,β-unsaturated/α-hetero) is 1. The van der Waals surface area contributed by atoms with Gasteiger partial charge in [0.1, 0.15) is 30.2 Å². The normalized spacial score (nSPS) is 22.0. The minimum absolute atomic E-state index is 0.0267. The lowest BCUT2D eigenvalue weighted by Crippen LogP contribution is -2.61. The molecular formula is C42H53N13O8. The number of rotatable bonds is 12. The third kappa shape index (κ3) is 14.0. The van der Waals surface area contributed by atoms with Crippen LogP contribution in [0.15, 0.2) is 78.3 Å². The van der Waals surface area contributed by atoms with Crippen LogP contribution in [-0.4, -0.2) is 117 Å². The zero-order valence-electron chi connectivity index (χ0n) is 34.9. The first-order chi connectivity index (χ1) is 30.2. The maximum absolute atomic E-state index is 14.4. The lowest BCUT2D eigenvalue weighted by molar-refractivity contribution is -0.136. The molecule has 1 fully saturated rings. The molecule has 1 aliphatic rings. The van der Waals surface area contributed by atoms with Gasteiger partial charge in [-0.05, 0) is 37.0 Å². The van der Waals surface area contributed by atoms with E-state index in [0.717, 1.165) is 17.8 Å². The Morgan fingerprint density at radius 2 is 1.37 bits per heavy atom. The molecular weight excluding hydrogens is 815 g/mol. The molecule has 21 nitrogen and oxygen atoms in total. The van der Waals surface area contributed by atoms with Gasteiger partial charge in [0.05, 0.1) is 18.8 Å². The summed E-state index contributed by atoms with van der Waals surface area (Å²) in [5, 5.41) is 19.2. The molecule has 63 heavy (non-hydrogen) atoms. The molecule has 21 heteroatoms. The number of benzene rings is 2. The quantitative estimate of drug-likeness (QED) is 0.0421. The van der Waals surface area contributed by atoms with Crippen molar-refractivity contribution in [2.24, 2.45) is 16.5 Å². The number of nitrogens with zero attached hydrogens (tertiary/aromatic N) is 2. The first-order valence-corrected chi connectivity index (χ1v) is 20.3. The van der Waals surface area contributed by atoms with Crippen LogP contribution >= 0.6 is 0 Å². The number of ketones is 1. The average molecular weight is 868 g/mol.